The van der Waals surface area contributed by atoms with Gasteiger partial charge in [0.2, 0.25) is 0 Å². The van der Waals surface area contributed by atoms with Crippen LogP contribution in [0.15, 0.2) is 16.6 Å². The Labute approximate surface area is 167 Å². The molecule has 5 atom stereocenters. The standard InChI is InChI=1S/C14H18N6O5SSe/c15-11-8-12(17-4-16-11)20(5-18-8)13-10(22)9(21)7(25-13)3-24-14(23)6(19-27)1-2-26/h4-7,9-10,13,21-22,26H,1-3H2,(H2,15,16,17)/t6-,7+,9+,10+,13+/m0/s1. The van der Waals surface area contributed by atoms with Crippen LogP contribution in [0.2, 0.25) is 0 Å². The van der Waals surface area contributed by atoms with Gasteiger partial charge in [0.05, 0.1) is 0 Å². The predicted molar refractivity (Wildman–Crippen MR) is 97.1 cm³/mol. The van der Waals surface area contributed by atoms with Crippen molar-refractivity contribution < 1.29 is 24.5 Å². The van der Waals surface area contributed by atoms with Crippen molar-refractivity contribution in [2.45, 2.75) is 37.0 Å². The third-order valence-corrected chi connectivity index (χ3v) is 4.98. The summed E-state index contributed by atoms with van der Waals surface area (Å²) in [5.74, 6) is 0.0882. The number of nitrogens with zero attached hydrogens (tertiary/aromatic N) is 5. The van der Waals surface area contributed by atoms with Crippen molar-refractivity contribution in [2.24, 2.45) is 3.96 Å². The number of thiol groups is 1. The van der Waals surface area contributed by atoms with Crippen LogP contribution in [0.25, 0.3) is 11.2 Å². The quantitative estimate of drug-likeness (QED) is 0.221. The van der Waals surface area contributed by atoms with Gasteiger partial charge in [0.1, 0.15) is 0 Å². The zero-order chi connectivity index (χ0) is 19.6. The monoisotopic (exact) mass is 462 g/mol. The summed E-state index contributed by atoms with van der Waals surface area (Å²) in [6, 6.07) is -0.681. The average molecular weight is 461 g/mol. The Hall–Kier alpha value is -1.63. The number of carbonyl (C=O) groups is 1. The second kappa shape index (κ2) is 8.59. The SMILES string of the molecule is Nc1ncnc2c1ncn2[C@@H]1O[C@H](COC(=O)[C@H](CCS)N=[Se])[C@@H](O)[C@H]1O. The molecule has 1 aliphatic rings. The van der Waals surface area contributed by atoms with Crippen molar-refractivity contribution in [1.29, 1.82) is 0 Å². The van der Waals surface area contributed by atoms with E-state index in [1.54, 1.807) is 0 Å². The summed E-state index contributed by atoms with van der Waals surface area (Å²) in [5, 5.41) is 20.6. The molecule has 0 unspecified atom stereocenters. The van der Waals surface area contributed by atoms with Gasteiger partial charge in [-0.3, -0.25) is 0 Å². The first-order chi connectivity index (χ1) is 13.0. The van der Waals surface area contributed by atoms with Crippen LogP contribution >= 0.6 is 12.6 Å². The van der Waals surface area contributed by atoms with Gasteiger partial charge >= 0.3 is 156 Å². The summed E-state index contributed by atoms with van der Waals surface area (Å²) in [5.41, 5.74) is 6.46. The van der Waals surface area contributed by atoms with E-state index in [0.29, 0.717) is 23.3 Å². The molecule has 11 nitrogen and oxygen atoms in total. The van der Waals surface area contributed by atoms with Crippen LogP contribution in [-0.2, 0) is 14.3 Å². The fraction of sp³-hybridized carbons (Fsp3) is 0.571. The second-order valence-electron chi connectivity index (χ2n) is 5.89. The third-order valence-electron chi connectivity index (χ3n) is 4.19. The number of nitrogen functional groups attached to an aromatic ring is 1. The third kappa shape index (κ3) is 3.98. The van der Waals surface area contributed by atoms with Gasteiger partial charge in [-0.05, 0) is 0 Å². The number of rotatable bonds is 7. The topological polar surface area (TPSA) is 158 Å². The van der Waals surface area contributed by atoms with E-state index >= 15 is 0 Å². The summed E-state index contributed by atoms with van der Waals surface area (Å²) >= 11 is 6.50. The number of esters is 1. The predicted octanol–water partition coefficient (Wildman–Crippen LogP) is -1.39. The molecular weight excluding hydrogens is 443 g/mol. The van der Waals surface area contributed by atoms with E-state index in [2.05, 4.69) is 47.4 Å². The van der Waals surface area contributed by atoms with Crippen molar-refractivity contribution in [3.05, 3.63) is 12.7 Å². The minimum absolute atomic E-state index is 0.188. The number of imidazole rings is 1. The van der Waals surface area contributed by atoms with Crippen LogP contribution in [0.5, 0.6) is 0 Å². The number of aliphatic hydroxyl groups excluding tert-OH is 2. The zero-order valence-corrected chi connectivity index (χ0v) is 16.6. The van der Waals surface area contributed by atoms with Crippen LogP contribution in [0.3, 0.4) is 0 Å². The van der Waals surface area contributed by atoms with Gasteiger partial charge < -0.3 is 5.73 Å². The van der Waals surface area contributed by atoms with Crippen molar-refractivity contribution in [2.75, 3.05) is 18.1 Å². The number of anilines is 1. The molecule has 3 rings (SSSR count). The van der Waals surface area contributed by atoms with E-state index in [0.717, 1.165) is 0 Å². The molecular formula is C14H18N6O5SSe. The summed E-state index contributed by atoms with van der Waals surface area (Å²) < 4.78 is 16.1. The number of hydrogen-bond donors (Lipinski definition) is 4. The summed E-state index contributed by atoms with van der Waals surface area (Å²) in [6.45, 7) is -0.240. The Balaban J connectivity index is 1.71. The molecule has 0 bridgehead atoms. The minimum atomic E-state index is -1.28. The number of ether oxygens (including phenoxy) is 2. The van der Waals surface area contributed by atoms with Crippen LogP contribution in [0.1, 0.15) is 12.6 Å². The van der Waals surface area contributed by atoms with E-state index in [1.165, 1.54) is 17.2 Å². The molecule has 0 spiro atoms. The molecule has 2 aromatic rings. The van der Waals surface area contributed by atoms with Gasteiger partial charge in [-0.15, -0.1) is 0 Å². The van der Waals surface area contributed by atoms with E-state index in [9.17, 15) is 15.0 Å². The Bertz CT molecular complexity index is 837. The fourth-order valence-corrected chi connectivity index (χ4v) is 3.40. The first-order valence-electron chi connectivity index (χ1n) is 8.02. The van der Waals surface area contributed by atoms with E-state index in [4.69, 9.17) is 15.2 Å². The molecule has 27 heavy (non-hydrogen) atoms. The number of aliphatic hydroxyl groups is 2. The molecule has 0 aromatic carbocycles. The summed E-state index contributed by atoms with van der Waals surface area (Å²) in [7, 11) is 0. The van der Waals surface area contributed by atoms with Gasteiger partial charge in [-0.25, -0.2) is 4.98 Å². The van der Waals surface area contributed by atoms with Crippen LogP contribution in [0.4, 0.5) is 5.82 Å². The zero-order valence-electron chi connectivity index (χ0n) is 14.0. The normalized spacial score (nSPS) is 26.2. The van der Waals surface area contributed by atoms with Crippen LogP contribution < -0.4 is 5.73 Å². The van der Waals surface area contributed by atoms with Gasteiger partial charge in [-0.1, -0.05) is 0 Å². The molecule has 0 saturated carbocycles. The molecule has 0 amide bonds. The van der Waals surface area contributed by atoms with Gasteiger partial charge in [0.25, 0.3) is 0 Å². The number of aromatic nitrogens is 4. The van der Waals surface area contributed by atoms with Crippen LogP contribution in [0, 0.1) is 0 Å². The first-order valence-corrected chi connectivity index (χ1v) is 9.42. The molecule has 146 valence electrons. The van der Waals surface area contributed by atoms with E-state index in [-0.39, 0.29) is 12.4 Å². The number of fused-ring (bicyclic) bond motifs is 1. The van der Waals surface area contributed by atoms with Gasteiger partial charge in [0.15, 0.2) is 0 Å². The van der Waals surface area contributed by atoms with Crippen molar-refractivity contribution in [3.8, 4) is 0 Å². The Morgan fingerprint density at radius 3 is 2.93 bits per heavy atom. The Morgan fingerprint density at radius 1 is 1.44 bits per heavy atom. The second-order valence-corrected chi connectivity index (χ2v) is 6.78. The Kier molecular flexibility index (Phi) is 6.40. The van der Waals surface area contributed by atoms with Crippen molar-refractivity contribution >= 4 is 51.4 Å². The molecule has 13 heteroatoms. The summed E-state index contributed by atoms with van der Waals surface area (Å²) in [6.07, 6.45) is -1.38. The maximum atomic E-state index is 12.0. The molecule has 3 heterocycles. The summed E-state index contributed by atoms with van der Waals surface area (Å²) in [4.78, 5) is 24.1. The van der Waals surface area contributed by atoms with Crippen molar-refractivity contribution in [3.63, 3.8) is 0 Å². The number of hydrogen-bond acceptors (Lipinski definition) is 11. The van der Waals surface area contributed by atoms with Gasteiger partial charge in [0, 0.05) is 0 Å². The number of carbonyl (C=O) groups excluding carboxylic acids is 1. The molecule has 0 aliphatic carbocycles. The average Bonchev–Trinajstić information content (AvgIpc) is 3.21. The molecule has 1 aliphatic heterocycles. The molecule has 2 aromatic heterocycles. The first kappa shape index (κ1) is 20.1. The van der Waals surface area contributed by atoms with E-state index < -0.39 is 36.6 Å². The molecule has 4 N–H and O–H groups in total. The maximum absolute atomic E-state index is 12.0. The van der Waals surface area contributed by atoms with Crippen molar-refractivity contribution in [1.82, 2.24) is 19.5 Å². The number of nitrogens with two attached hydrogens (primary N) is 1. The Morgan fingerprint density at radius 2 is 2.22 bits per heavy atom. The van der Waals surface area contributed by atoms with Gasteiger partial charge in [-0.2, -0.15) is 0 Å². The fourth-order valence-electron chi connectivity index (χ4n) is 2.75. The molecule has 1 saturated heterocycles. The molecule has 0 radical (unpaired) electrons. The van der Waals surface area contributed by atoms with E-state index in [1.807, 2.05) is 0 Å². The molecule has 1 fully saturated rings. The van der Waals surface area contributed by atoms with Crippen LogP contribution in [-0.4, -0.2) is 88.2 Å².